The maximum Gasteiger partial charge on any atom is 0.221 e. The number of hydrogen-bond donors (Lipinski definition) is 2. The highest BCUT2D eigenvalue weighted by atomic mass is 16.5. The van der Waals surface area contributed by atoms with Crippen LogP contribution >= 0.6 is 0 Å². The van der Waals surface area contributed by atoms with Gasteiger partial charge in [-0.25, -0.2) is 4.98 Å². The van der Waals surface area contributed by atoms with Gasteiger partial charge in [0.15, 0.2) is 5.82 Å². The summed E-state index contributed by atoms with van der Waals surface area (Å²) >= 11 is 0. The summed E-state index contributed by atoms with van der Waals surface area (Å²) < 4.78 is 6.28. The number of unbranched alkanes of at least 4 members (excludes halogenated alkanes) is 1. The molecule has 8 heteroatoms. The van der Waals surface area contributed by atoms with Gasteiger partial charge in [-0.3, -0.25) is 19.8 Å². The van der Waals surface area contributed by atoms with Crippen LogP contribution in [0.15, 0.2) is 48.8 Å². The molecule has 0 saturated heterocycles. The Morgan fingerprint density at radius 3 is 2.94 bits per heavy atom. The SMILES string of the molecule is CCCC[C@H]1CN(CCC(=O)NCCc2nc(-c3ccncc3)n[nH]2)Cc2ccccc2O1. The van der Waals surface area contributed by atoms with E-state index >= 15 is 0 Å². The van der Waals surface area contributed by atoms with Gasteiger partial charge in [0.05, 0.1) is 0 Å². The van der Waals surface area contributed by atoms with Crippen molar-refractivity contribution in [2.75, 3.05) is 19.6 Å². The third-order valence-electron chi connectivity index (χ3n) is 5.81. The van der Waals surface area contributed by atoms with Crippen molar-refractivity contribution in [1.82, 2.24) is 30.4 Å². The number of carbonyl (C=O) groups is 1. The maximum atomic E-state index is 12.5. The lowest BCUT2D eigenvalue weighted by Crippen LogP contribution is -2.36. The summed E-state index contributed by atoms with van der Waals surface area (Å²) in [6.45, 7) is 5.08. The smallest absolute Gasteiger partial charge is 0.221 e. The first-order chi connectivity index (χ1) is 16.2. The second-order valence-corrected chi connectivity index (χ2v) is 8.42. The summed E-state index contributed by atoms with van der Waals surface area (Å²) in [5, 5.41) is 10.2. The van der Waals surface area contributed by atoms with Crippen molar-refractivity contribution in [3.05, 3.63) is 60.2 Å². The molecular weight excluding hydrogens is 416 g/mol. The first-order valence-corrected chi connectivity index (χ1v) is 11.8. The predicted molar refractivity (Wildman–Crippen MR) is 127 cm³/mol. The Bertz CT molecular complexity index is 1020. The van der Waals surface area contributed by atoms with Crippen molar-refractivity contribution in [2.24, 2.45) is 0 Å². The van der Waals surface area contributed by atoms with Gasteiger partial charge in [-0.2, -0.15) is 5.10 Å². The molecule has 4 rings (SSSR count). The molecule has 33 heavy (non-hydrogen) atoms. The molecule has 1 aromatic carbocycles. The Labute approximate surface area is 194 Å². The molecule has 1 atom stereocenters. The molecule has 8 nitrogen and oxygen atoms in total. The van der Waals surface area contributed by atoms with Gasteiger partial charge in [-0.15, -0.1) is 0 Å². The second kappa shape index (κ2) is 11.6. The van der Waals surface area contributed by atoms with Crippen molar-refractivity contribution >= 4 is 5.91 Å². The number of hydrogen-bond acceptors (Lipinski definition) is 6. The quantitative estimate of drug-likeness (QED) is 0.494. The second-order valence-electron chi connectivity index (χ2n) is 8.42. The lowest BCUT2D eigenvalue weighted by Gasteiger charge is -2.23. The van der Waals surface area contributed by atoms with Crippen LogP contribution in [0.1, 0.15) is 44.0 Å². The summed E-state index contributed by atoms with van der Waals surface area (Å²) in [6, 6.07) is 12.0. The van der Waals surface area contributed by atoms with E-state index in [1.807, 2.05) is 30.3 Å². The van der Waals surface area contributed by atoms with Crippen LogP contribution in [0.4, 0.5) is 0 Å². The normalized spacial score (nSPS) is 16.0. The minimum absolute atomic E-state index is 0.0485. The van der Waals surface area contributed by atoms with E-state index in [1.54, 1.807) is 12.4 Å². The minimum atomic E-state index is 0.0485. The molecular formula is C25H32N6O2. The van der Waals surface area contributed by atoms with Crippen LogP contribution in [0, 0.1) is 0 Å². The van der Waals surface area contributed by atoms with Crippen molar-refractivity contribution < 1.29 is 9.53 Å². The number of carbonyl (C=O) groups excluding carboxylic acids is 1. The molecule has 0 saturated carbocycles. The highest BCUT2D eigenvalue weighted by Crippen LogP contribution is 2.26. The van der Waals surface area contributed by atoms with E-state index < -0.39 is 0 Å². The fraction of sp³-hybridized carbons (Fsp3) is 0.440. The van der Waals surface area contributed by atoms with E-state index in [1.165, 1.54) is 5.56 Å². The molecule has 0 spiro atoms. The summed E-state index contributed by atoms with van der Waals surface area (Å²) in [4.78, 5) is 23.3. The van der Waals surface area contributed by atoms with Crippen LogP contribution in [0.25, 0.3) is 11.4 Å². The van der Waals surface area contributed by atoms with Crippen molar-refractivity contribution in [3.8, 4) is 17.1 Å². The average molecular weight is 449 g/mol. The third-order valence-corrected chi connectivity index (χ3v) is 5.81. The highest BCUT2D eigenvalue weighted by molar-refractivity contribution is 5.76. The molecule has 0 radical (unpaired) electrons. The van der Waals surface area contributed by atoms with Gasteiger partial charge in [-0.1, -0.05) is 31.5 Å². The fourth-order valence-electron chi connectivity index (χ4n) is 4.02. The van der Waals surface area contributed by atoms with Crippen LogP contribution in [0.5, 0.6) is 5.75 Å². The Kier molecular flexibility index (Phi) is 8.03. The molecule has 3 heterocycles. The number of fused-ring (bicyclic) bond motifs is 1. The molecule has 0 bridgehead atoms. The van der Waals surface area contributed by atoms with Gasteiger partial charge in [0.25, 0.3) is 0 Å². The number of nitrogens with one attached hydrogen (secondary N) is 2. The van der Waals surface area contributed by atoms with E-state index in [0.717, 1.165) is 49.5 Å². The van der Waals surface area contributed by atoms with Crippen LogP contribution < -0.4 is 10.1 Å². The average Bonchev–Trinajstić information content (AvgIpc) is 3.23. The molecule has 0 aliphatic carbocycles. The first-order valence-electron chi connectivity index (χ1n) is 11.8. The van der Waals surface area contributed by atoms with E-state index in [0.29, 0.717) is 31.8 Å². The topological polar surface area (TPSA) is 96.0 Å². The van der Waals surface area contributed by atoms with Crippen molar-refractivity contribution in [2.45, 2.75) is 51.7 Å². The highest BCUT2D eigenvalue weighted by Gasteiger charge is 2.22. The molecule has 3 aromatic rings. The summed E-state index contributed by atoms with van der Waals surface area (Å²) in [6.07, 6.45) is 7.99. The van der Waals surface area contributed by atoms with Gasteiger partial charge in [0.2, 0.25) is 5.91 Å². The molecule has 0 unspecified atom stereocenters. The van der Waals surface area contributed by atoms with Gasteiger partial charge in [0, 0.05) is 62.5 Å². The number of H-pyrrole nitrogens is 1. The zero-order valence-electron chi connectivity index (χ0n) is 19.2. The molecule has 0 fully saturated rings. The lowest BCUT2D eigenvalue weighted by atomic mass is 10.1. The Hall–Kier alpha value is -3.26. The molecule has 174 valence electrons. The number of ether oxygens (including phenoxy) is 1. The van der Waals surface area contributed by atoms with Crippen LogP contribution in [-0.4, -0.2) is 56.7 Å². The first kappa shape index (κ1) is 22.9. The van der Waals surface area contributed by atoms with Crippen molar-refractivity contribution in [1.29, 1.82) is 0 Å². The van der Waals surface area contributed by atoms with Crippen molar-refractivity contribution in [3.63, 3.8) is 0 Å². The van der Waals surface area contributed by atoms with E-state index in [2.05, 4.69) is 43.4 Å². The number of rotatable bonds is 10. The molecule has 2 N–H and O–H groups in total. The molecule has 1 aliphatic heterocycles. The molecule has 1 aliphatic rings. The number of amides is 1. The van der Waals surface area contributed by atoms with Crippen LogP contribution in [0.2, 0.25) is 0 Å². The van der Waals surface area contributed by atoms with Crippen LogP contribution in [-0.2, 0) is 17.8 Å². The Morgan fingerprint density at radius 1 is 1.24 bits per heavy atom. The van der Waals surface area contributed by atoms with E-state index in [9.17, 15) is 4.79 Å². The monoisotopic (exact) mass is 448 g/mol. The zero-order chi connectivity index (χ0) is 22.9. The predicted octanol–water partition coefficient (Wildman–Crippen LogP) is 3.37. The summed E-state index contributed by atoms with van der Waals surface area (Å²) in [5.41, 5.74) is 2.10. The van der Waals surface area contributed by atoms with Gasteiger partial charge < -0.3 is 10.1 Å². The van der Waals surface area contributed by atoms with Gasteiger partial charge >= 0.3 is 0 Å². The summed E-state index contributed by atoms with van der Waals surface area (Å²) in [5.74, 6) is 2.42. The molecule has 1 amide bonds. The molecule has 2 aromatic heterocycles. The fourth-order valence-corrected chi connectivity index (χ4v) is 4.02. The van der Waals surface area contributed by atoms with Crippen LogP contribution in [0.3, 0.4) is 0 Å². The number of aromatic nitrogens is 4. The number of pyridine rings is 1. The third kappa shape index (κ3) is 6.61. The number of para-hydroxylation sites is 1. The zero-order valence-corrected chi connectivity index (χ0v) is 19.2. The Balaban J connectivity index is 1.24. The van der Waals surface area contributed by atoms with Gasteiger partial charge in [0.1, 0.15) is 17.7 Å². The van der Waals surface area contributed by atoms with E-state index in [-0.39, 0.29) is 12.0 Å². The lowest BCUT2D eigenvalue weighted by molar-refractivity contribution is -0.121. The van der Waals surface area contributed by atoms with Gasteiger partial charge in [-0.05, 0) is 31.0 Å². The standard InChI is InChI=1S/C25H32N6O2/c1-2-3-7-21-18-31(17-20-6-4-5-8-22(20)33-21)16-12-24(32)27-15-11-23-28-25(30-29-23)19-9-13-26-14-10-19/h4-6,8-10,13-14,21H,2-3,7,11-12,15-18H2,1H3,(H,27,32)(H,28,29,30)/t21-/m0/s1. The Morgan fingerprint density at radius 2 is 2.09 bits per heavy atom. The largest absolute Gasteiger partial charge is 0.489 e. The number of aromatic amines is 1. The minimum Gasteiger partial charge on any atom is -0.489 e. The maximum absolute atomic E-state index is 12.5. The van der Waals surface area contributed by atoms with E-state index in [4.69, 9.17) is 4.74 Å². The number of nitrogens with zero attached hydrogens (tertiary/aromatic N) is 4. The number of benzene rings is 1. The summed E-state index contributed by atoms with van der Waals surface area (Å²) in [7, 11) is 0.